The van der Waals surface area contributed by atoms with Gasteiger partial charge < -0.3 is 14.2 Å². The monoisotopic (exact) mass is 440 g/mol. The molecule has 2 rings (SSSR count). The number of ether oxygens (including phenoxy) is 3. The molecule has 0 aliphatic heterocycles. The van der Waals surface area contributed by atoms with Gasteiger partial charge in [-0.2, -0.15) is 5.10 Å². The van der Waals surface area contributed by atoms with Gasteiger partial charge in [0.2, 0.25) is 0 Å². The number of carbonyl (C=O) groups excluding carboxylic acids is 1. The van der Waals surface area contributed by atoms with Crippen LogP contribution in [0.4, 0.5) is 0 Å². The lowest BCUT2D eigenvalue weighted by Crippen LogP contribution is -2.24. The molecule has 2 aromatic rings. The summed E-state index contributed by atoms with van der Waals surface area (Å²) in [6.07, 6.45) is 1.42. The van der Waals surface area contributed by atoms with E-state index < -0.39 is 0 Å². The number of rotatable bonds is 7. The first kappa shape index (κ1) is 20.1. The molecular weight excluding hydrogens is 424 g/mol. The van der Waals surface area contributed by atoms with E-state index in [0.29, 0.717) is 27.8 Å². The molecule has 8 heteroatoms. The number of benzene rings is 2. The predicted molar refractivity (Wildman–Crippen MR) is 105 cm³/mol. The molecule has 1 amide bonds. The van der Waals surface area contributed by atoms with Crippen molar-refractivity contribution in [3.05, 3.63) is 51.0 Å². The Morgan fingerprint density at radius 2 is 1.88 bits per heavy atom. The fourth-order valence-corrected chi connectivity index (χ4v) is 2.77. The summed E-state index contributed by atoms with van der Waals surface area (Å²) in [5.74, 6) is 1.27. The number of hydrogen-bond acceptors (Lipinski definition) is 5. The summed E-state index contributed by atoms with van der Waals surface area (Å²) in [5, 5.41) is 4.31. The fraction of sp³-hybridized carbons (Fsp3) is 0.222. The van der Waals surface area contributed by atoms with Gasteiger partial charge in [0.1, 0.15) is 5.75 Å². The summed E-state index contributed by atoms with van der Waals surface area (Å²) >= 11 is 9.53. The molecule has 0 aromatic heterocycles. The van der Waals surface area contributed by atoms with E-state index in [-0.39, 0.29) is 12.5 Å². The van der Waals surface area contributed by atoms with Crippen molar-refractivity contribution in [3.63, 3.8) is 0 Å². The normalized spacial score (nSPS) is 10.7. The van der Waals surface area contributed by atoms with Crippen molar-refractivity contribution in [2.45, 2.75) is 6.92 Å². The van der Waals surface area contributed by atoms with Crippen molar-refractivity contribution < 1.29 is 19.0 Å². The van der Waals surface area contributed by atoms with E-state index in [9.17, 15) is 4.79 Å². The molecule has 0 saturated carbocycles. The average Bonchev–Trinajstić information content (AvgIpc) is 2.62. The third-order valence-corrected chi connectivity index (χ3v) is 4.21. The quantitative estimate of drug-likeness (QED) is 0.522. The number of halogens is 2. The van der Waals surface area contributed by atoms with E-state index in [1.807, 2.05) is 19.1 Å². The number of nitrogens with zero attached hydrogens (tertiary/aromatic N) is 1. The van der Waals surface area contributed by atoms with Crippen LogP contribution in [0.1, 0.15) is 11.1 Å². The number of hydrogen-bond donors (Lipinski definition) is 1. The number of amides is 1. The van der Waals surface area contributed by atoms with Gasteiger partial charge in [0.15, 0.2) is 18.1 Å². The summed E-state index contributed by atoms with van der Waals surface area (Å²) < 4.78 is 16.8. The predicted octanol–water partition coefficient (Wildman–Crippen LogP) is 3.96. The fourth-order valence-electron chi connectivity index (χ4n) is 2.09. The minimum absolute atomic E-state index is 0.153. The Kier molecular flexibility index (Phi) is 7.29. The molecule has 26 heavy (non-hydrogen) atoms. The van der Waals surface area contributed by atoms with Gasteiger partial charge >= 0.3 is 0 Å². The number of hydrazone groups is 1. The van der Waals surface area contributed by atoms with Crippen LogP contribution >= 0.6 is 27.5 Å². The lowest BCUT2D eigenvalue weighted by atomic mass is 10.2. The minimum Gasteiger partial charge on any atom is -0.493 e. The summed E-state index contributed by atoms with van der Waals surface area (Å²) in [6.45, 7) is 1.74. The maximum Gasteiger partial charge on any atom is 0.277 e. The van der Waals surface area contributed by atoms with Gasteiger partial charge in [-0.15, -0.1) is 0 Å². The summed E-state index contributed by atoms with van der Waals surface area (Å²) in [5.41, 5.74) is 3.89. The largest absolute Gasteiger partial charge is 0.493 e. The highest BCUT2D eigenvalue weighted by molar-refractivity contribution is 9.10. The molecule has 0 aliphatic carbocycles. The van der Waals surface area contributed by atoms with Crippen molar-refractivity contribution in [3.8, 4) is 17.2 Å². The molecule has 0 aliphatic rings. The van der Waals surface area contributed by atoms with Crippen LogP contribution in [0.25, 0.3) is 0 Å². The Labute approximate surface area is 165 Å². The number of nitrogens with one attached hydrogen (secondary N) is 1. The Bertz CT molecular complexity index is 827. The molecule has 0 saturated heterocycles. The molecule has 138 valence electrons. The van der Waals surface area contributed by atoms with E-state index in [0.717, 1.165) is 10.0 Å². The molecule has 1 N–H and O–H groups in total. The van der Waals surface area contributed by atoms with Gasteiger partial charge in [0.05, 0.1) is 25.5 Å². The summed E-state index contributed by atoms with van der Waals surface area (Å²) in [4.78, 5) is 11.9. The van der Waals surface area contributed by atoms with Crippen molar-refractivity contribution in [2.24, 2.45) is 5.10 Å². The van der Waals surface area contributed by atoms with E-state index in [1.54, 1.807) is 18.2 Å². The van der Waals surface area contributed by atoms with Gasteiger partial charge in [-0.1, -0.05) is 27.5 Å². The highest BCUT2D eigenvalue weighted by Crippen LogP contribution is 2.32. The maximum atomic E-state index is 11.9. The second kappa shape index (κ2) is 9.45. The van der Waals surface area contributed by atoms with Gasteiger partial charge in [0.25, 0.3) is 5.91 Å². The van der Waals surface area contributed by atoms with Crippen LogP contribution in [0, 0.1) is 6.92 Å². The minimum atomic E-state index is -0.389. The zero-order chi connectivity index (χ0) is 19.1. The molecule has 0 atom stereocenters. The smallest absolute Gasteiger partial charge is 0.277 e. The van der Waals surface area contributed by atoms with Crippen molar-refractivity contribution in [2.75, 3.05) is 20.8 Å². The van der Waals surface area contributed by atoms with Crippen LogP contribution in [-0.2, 0) is 4.79 Å². The van der Waals surface area contributed by atoms with Crippen LogP contribution in [0.15, 0.2) is 39.9 Å². The number of methoxy groups -OCH3 is 2. The zero-order valence-corrected chi connectivity index (χ0v) is 16.8. The molecule has 0 radical (unpaired) electrons. The molecule has 0 heterocycles. The average molecular weight is 442 g/mol. The topological polar surface area (TPSA) is 69.2 Å². The molecule has 2 aromatic carbocycles. The van der Waals surface area contributed by atoms with Crippen LogP contribution in [0.3, 0.4) is 0 Å². The van der Waals surface area contributed by atoms with E-state index in [2.05, 4.69) is 26.5 Å². The zero-order valence-electron chi connectivity index (χ0n) is 14.5. The van der Waals surface area contributed by atoms with Crippen molar-refractivity contribution in [1.82, 2.24) is 5.43 Å². The molecule has 0 unspecified atom stereocenters. The first-order valence-electron chi connectivity index (χ1n) is 7.57. The molecular formula is C18H18BrClN2O4. The SMILES string of the molecule is COc1cc(Cl)c(/C=N/NC(=O)COc2ccc(Br)cc2C)cc1OC. The van der Waals surface area contributed by atoms with Gasteiger partial charge in [-0.25, -0.2) is 5.43 Å². The van der Waals surface area contributed by atoms with E-state index in [1.165, 1.54) is 20.4 Å². The highest BCUT2D eigenvalue weighted by Gasteiger charge is 2.09. The lowest BCUT2D eigenvalue weighted by Gasteiger charge is -2.09. The second-order valence-electron chi connectivity index (χ2n) is 5.22. The van der Waals surface area contributed by atoms with Crippen molar-refractivity contribution >= 4 is 39.7 Å². The molecule has 6 nitrogen and oxygen atoms in total. The van der Waals surface area contributed by atoms with Crippen molar-refractivity contribution in [1.29, 1.82) is 0 Å². The number of carbonyl (C=O) groups is 1. The van der Waals surface area contributed by atoms with Crippen LogP contribution in [-0.4, -0.2) is 32.9 Å². The van der Waals surface area contributed by atoms with Crippen LogP contribution in [0.2, 0.25) is 5.02 Å². The Hall–Kier alpha value is -2.25. The maximum absolute atomic E-state index is 11.9. The summed E-state index contributed by atoms with van der Waals surface area (Å²) in [7, 11) is 3.05. The van der Waals surface area contributed by atoms with E-state index >= 15 is 0 Å². The lowest BCUT2D eigenvalue weighted by molar-refractivity contribution is -0.123. The van der Waals surface area contributed by atoms with Crippen LogP contribution < -0.4 is 19.6 Å². The Morgan fingerprint density at radius 1 is 1.19 bits per heavy atom. The molecule has 0 fully saturated rings. The van der Waals surface area contributed by atoms with E-state index in [4.69, 9.17) is 25.8 Å². The van der Waals surface area contributed by atoms with Crippen LogP contribution in [0.5, 0.6) is 17.2 Å². The Balaban J connectivity index is 1.94. The first-order chi connectivity index (χ1) is 12.4. The second-order valence-corrected chi connectivity index (χ2v) is 6.54. The third kappa shape index (κ3) is 5.37. The third-order valence-electron chi connectivity index (χ3n) is 3.39. The Morgan fingerprint density at radius 3 is 2.54 bits per heavy atom. The van der Waals surface area contributed by atoms with Gasteiger partial charge in [-0.05, 0) is 36.8 Å². The highest BCUT2D eigenvalue weighted by atomic mass is 79.9. The van der Waals surface area contributed by atoms with Gasteiger partial charge in [-0.3, -0.25) is 4.79 Å². The molecule has 0 bridgehead atoms. The summed E-state index contributed by atoms with van der Waals surface area (Å²) in [6, 6.07) is 8.82. The first-order valence-corrected chi connectivity index (χ1v) is 8.74. The molecule has 0 spiro atoms. The standard InChI is InChI=1S/C18H18BrClN2O4/c1-11-6-13(19)4-5-15(11)26-10-18(23)22-21-9-12-7-16(24-2)17(25-3)8-14(12)20/h4-9H,10H2,1-3H3,(H,22,23)/b21-9+. The number of aryl methyl sites for hydroxylation is 1. The van der Waals surface area contributed by atoms with Gasteiger partial charge in [0, 0.05) is 16.1 Å².